The van der Waals surface area contributed by atoms with Crippen molar-refractivity contribution >= 4 is 29.8 Å². The van der Waals surface area contributed by atoms with Crippen LogP contribution in [0.4, 0.5) is 5.82 Å². The van der Waals surface area contributed by atoms with Gasteiger partial charge in [0.25, 0.3) is 0 Å². The van der Waals surface area contributed by atoms with Crippen LogP contribution < -0.4 is 10.6 Å². The summed E-state index contributed by atoms with van der Waals surface area (Å²) in [5, 5.41) is 3.64. The number of fused-ring (bicyclic) bond motifs is 1. The minimum Gasteiger partial charge on any atom is -0.365 e. The summed E-state index contributed by atoms with van der Waals surface area (Å²) in [6.45, 7) is 8.37. The molecule has 0 amide bonds. The fraction of sp³-hybridized carbons (Fsp3) is 0.263. The van der Waals surface area contributed by atoms with Gasteiger partial charge in [-0.05, 0) is 26.0 Å². The van der Waals surface area contributed by atoms with E-state index in [1.807, 2.05) is 34.9 Å². The number of hydrogen-bond donors (Lipinski definition) is 1. The second-order valence-corrected chi connectivity index (χ2v) is 7.64. The Balaban J connectivity index is 2.30. The summed E-state index contributed by atoms with van der Waals surface area (Å²) in [4.78, 5) is 8.75. The van der Waals surface area contributed by atoms with Crippen LogP contribution in [0, 0.1) is 0 Å². The van der Waals surface area contributed by atoms with Gasteiger partial charge in [-0.2, -0.15) is 0 Å². The molecule has 1 aromatic carbocycles. The van der Waals surface area contributed by atoms with Gasteiger partial charge < -0.3 is 18.9 Å². The van der Waals surface area contributed by atoms with Crippen LogP contribution in [-0.4, -0.2) is 34.3 Å². The highest BCUT2D eigenvalue weighted by molar-refractivity contribution is 7.62. The molecule has 0 atom stereocenters. The average molecular weight is 386 g/mol. The van der Waals surface area contributed by atoms with Crippen LogP contribution in [0.25, 0.3) is 16.7 Å². The molecule has 2 aromatic heterocycles. The zero-order valence-corrected chi connectivity index (χ0v) is 16.4. The lowest BCUT2D eigenvalue weighted by atomic mass is 10.3. The van der Waals surface area contributed by atoms with Crippen LogP contribution in [0.3, 0.4) is 0 Å². The smallest absolute Gasteiger partial charge is 0.365 e. The number of benzene rings is 1. The Morgan fingerprint density at radius 3 is 2.52 bits per heavy atom. The van der Waals surface area contributed by atoms with Crippen molar-refractivity contribution < 1.29 is 13.6 Å². The number of hydrogen-bond acceptors (Lipinski definition) is 6. The van der Waals surface area contributed by atoms with E-state index < -0.39 is 7.60 Å². The van der Waals surface area contributed by atoms with Gasteiger partial charge in [0, 0.05) is 18.4 Å². The standard InChI is InChI=1S/C19H23N4O3P/c1-4-12-20-19-18-17(21-14-22-19)16(27(24,25-5-2)26-6-3)13-23(18)15-10-8-7-9-11-15/h4,7-11,13-14H,1,5-6,12H2,2-3H3,(H,20,21,22). The van der Waals surface area contributed by atoms with E-state index in [4.69, 9.17) is 9.05 Å². The Morgan fingerprint density at radius 2 is 1.89 bits per heavy atom. The first-order valence-corrected chi connectivity index (χ1v) is 10.3. The molecule has 7 nitrogen and oxygen atoms in total. The first kappa shape index (κ1) is 19.3. The van der Waals surface area contributed by atoms with Gasteiger partial charge in [-0.25, -0.2) is 9.97 Å². The van der Waals surface area contributed by atoms with Crippen LogP contribution in [0.1, 0.15) is 13.8 Å². The van der Waals surface area contributed by atoms with Gasteiger partial charge in [-0.15, -0.1) is 6.58 Å². The molecule has 0 saturated carbocycles. The number of nitrogens with one attached hydrogen (secondary N) is 1. The van der Waals surface area contributed by atoms with Crippen molar-refractivity contribution in [1.29, 1.82) is 0 Å². The third-order valence-corrected chi connectivity index (χ3v) is 6.01. The van der Waals surface area contributed by atoms with E-state index in [9.17, 15) is 4.57 Å². The molecule has 0 spiro atoms. The van der Waals surface area contributed by atoms with Crippen molar-refractivity contribution in [2.45, 2.75) is 13.8 Å². The summed E-state index contributed by atoms with van der Waals surface area (Å²) in [7, 11) is -3.52. The number of rotatable bonds is 9. The molecule has 27 heavy (non-hydrogen) atoms. The van der Waals surface area contributed by atoms with Gasteiger partial charge in [0.15, 0.2) is 5.82 Å². The molecule has 1 N–H and O–H groups in total. The second-order valence-electron chi connectivity index (χ2n) is 5.64. The van der Waals surface area contributed by atoms with Crippen molar-refractivity contribution in [2.24, 2.45) is 0 Å². The Morgan fingerprint density at radius 1 is 1.19 bits per heavy atom. The molecule has 3 rings (SSSR count). The predicted octanol–water partition coefficient (Wildman–Crippen LogP) is 3.91. The van der Waals surface area contributed by atoms with Crippen molar-refractivity contribution in [3.8, 4) is 5.69 Å². The molecule has 3 aromatic rings. The van der Waals surface area contributed by atoms with Gasteiger partial charge >= 0.3 is 7.60 Å². The molecule has 0 aliphatic carbocycles. The number of aromatic nitrogens is 3. The Labute approximate surface area is 158 Å². The summed E-state index contributed by atoms with van der Waals surface area (Å²) in [5.74, 6) is 0.620. The zero-order chi connectivity index (χ0) is 19.3. The molecule has 0 aliphatic rings. The lowest BCUT2D eigenvalue weighted by Crippen LogP contribution is -2.11. The highest BCUT2D eigenvalue weighted by Crippen LogP contribution is 2.49. The summed E-state index contributed by atoms with van der Waals surface area (Å²) in [6, 6.07) is 9.73. The van der Waals surface area contributed by atoms with Crippen LogP contribution in [0.15, 0.2) is 55.5 Å². The van der Waals surface area contributed by atoms with Crippen molar-refractivity contribution in [2.75, 3.05) is 25.1 Å². The largest absolute Gasteiger partial charge is 0.365 e. The van der Waals surface area contributed by atoms with Gasteiger partial charge in [-0.1, -0.05) is 24.3 Å². The maximum Gasteiger partial charge on any atom is 0.365 e. The molecule has 0 aliphatic heterocycles. The molecule has 0 fully saturated rings. The lowest BCUT2D eigenvalue weighted by molar-refractivity contribution is 0.230. The quantitative estimate of drug-likeness (QED) is 0.444. The number of nitrogens with zero attached hydrogens (tertiary/aromatic N) is 3. The third-order valence-electron chi connectivity index (χ3n) is 3.90. The Kier molecular flexibility index (Phi) is 6.06. The molecule has 0 radical (unpaired) electrons. The molecule has 142 valence electrons. The fourth-order valence-corrected chi connectivity index (χ4v) is 4.56. The van der Waals surface area contributed by atoms with E-state index in [0.717, 1.165) is 5.69 Å². The van der Waals surface area contributed by atoms with E-state index in [-0.39, 0.29) is 13.2 Å². The topological polar surface area (TPSA) is 78.3 Å². The molecular weight excluding hydrogens is 363 g/mol. The zero-order valence-electron chi connectivity index (χ0n) is 15.5. The van der Waals surface area contributed by atoms with Crippen molar-refractivity contribution in [3.63, 3.8) is 0 Å². The first-order chi connectivity index (χ1) is 13.1. The number of anilines is 1. The molecule has 0 bridgehead atoms. The van der Waals surface area contributed by atoms with Crippen LogP contribution in [-0.2, 0) is 13.6 Å². The van der Waals surface area contributed by atoms with Gasteiger partial charge in [0.2, 0.25) is 0 Å². The summed E-state index contributed by atoms with van der Waals surface area (Å²) in [5.41, 5.74) is 2.13. The van der Waals surface area contributed by atoms with E-state index in [0.29, 0.717) is 28.7 Å². The molecule has 2 heterocycles. The normalized spacial score (nSPS) is 11.6. The molecular formula is C19H23N4O3P. The summed E-state index contributed by atoms with van der Waals surface area (Å²) < 4.78 is 26.5. The van der Waals surface area contributed by atoms with Gasteiger partial charge in [0.1, 0.15) is 22.7 Å². The maximum absolute atomic E-state index is 13.4. The lowest BCUT2D eigenvalue weighted by Gasteiger charge is -2.15. The molecule has 0 saturated heterocycles. The molecule has 8 heteroatoms. The van der Waals surface area contributed by atoms with Gasteiger partial charge in [-0.3, -0.25) is 4.57 Å². The third kappa shape index (κ3) is 3.81. The van der Waals surface area contributed by atoms with Crippen molar-refractivity contribution in [3.05, 3.63) is 55.5 Å². The van der Waals surface area contributed by atoms with Crippen LogP contribution in [0.5, 0.6) is 0 Å². The fourth-order valence-electron chi connectivity index (χ4n) is 2.85. The Hall–Kier alpha value is -2.47. The van der Waals surface area contributed by atoms with Crippen molar-refractivity contribution in [1.82, 2.24) is 14.5 Å². The average Bonchev–Trinajstić information content (AvgIpc) is 3.08. The highest BCUT2D eigenvalue weighted by Gasteiger charge is 2.33. The van der Waals surface area contributed by atoms with E-state index in [1.165, 1.54) is 6.33 Å². The minimum absolute atomic E-state index is 0.266. The van der Waals surface area contributed by atoms with Gasteiger partial charge in [0.05, 0.1) is 13.2 Å². The second kappa shape index (κ2) is 8.48. The Bertz CT molecular complexity index is 962. The monoisotopic (exact) mass is 386 g/mol. The van der Waals surface area contributed by atoms with E-state index in [1.54, 1.807) is 26.1 Å². The molecule has 0 unspecified atom stereocenters. The SMILES string of the molecule is C=CCNc1ncnc2c(P(=O)(OCC)OCC)cn(-c3ccccc3)c12. The summed E-state index contributed by atoms with van der Waals surface area (Å²) in [6.07, 6.45) is 4.95. The first-order valence-electron chi connectivity index (χ1n) is 8.80. The summed E-state index contributed by atoms with van der Waals surface area (Å²) >= 11 is 0. The minimum atomic E-state index is -3.52. The van der Waals surface area contributed by atoms with Crippen LogP contribution >= 0.6 is 7.60 Å². The van der Waals surface area contributed by atoms with E-state index >= 15 is 0 Å². The highest BCUT2D eigenvalue weighted by atomic mass is 31.2. The predicted molar refractivity (Wildman–Crippen MR) is 108 cm³/mol. The maximum atomic E-state index is 13.4. The van der Waals surface area contributed by atoms with Crippen LogP contribution in [0.2, 0.25) is 0 Å². The van der Waals surface area contributed by atoms with E-state index in [2.05, 4.69) is 21.9 Å². The number of para-hydroxylation sites is 1.